The summed E-state index contributed by atoms with van der Waals surface area (Å²) in [5.74, 6) is 1.96. The first kappa shape index (κ1) is 14.5. The molecule has 2 N–H and O–H groups in total. The SMILES string of the molecule is Cc1cc(CCN)cnc1Oc1ccccc1C(C)C. The van der Waals surface area contributed by atoms with Crippen molar-refractivity contribution < 1.29 is 4.74 Å². The lowest BCUT2D eigenvalue weighted by molar-refractivity contribution is 0.450. The van der Waals surface area contributed by atoms with Crippen molar-refractivity contribution in [1.82, 2.24) is 4.98 Å². The van der Waals surface area contributed by atoms with Crippen LogP contribution in [0.3, 0.4) is 0 Å². The second-order valence-corrected chi connectivity index (χ2v) is 5.30. The first-order valence-corrected chi connectivity index (χ1v) is 7.04. The lowest BCUT2D eigenvalue weighted by Gasteiger charge is -2.14. The number of aryl methyl sites for hydroxylation is 1. The molecule has 0 radical (unpaired) electrons. The number of hydrogen-bond donors (Lipinski definition) is 1. The van der Waals surface area contributed by atoms with Gasteiger partial charge in [-0.2, -0.15) is 0 Å². The van der Waals surface area contributed by atoms with Crippen molar-refractivity contribution in [3.05, 3.63) is 53.2 Å². The van der Waals surface area contributed by atoms with Crippen LogP contribution in [-0.4, -0.2) is 11.5 Å². The van der Waals surface area contributed by atoms with E-state index >= 15 is 0 Å². The summed E-state index contributed by atoms with van der Waals surface area (Å²) < 4.78 is 5.99. The Hall–Kier alpha value is -1.87. The molecule has 0 spiro atoms. The highest BCUT2D eigenvalue weighted by Gasteiger charge is 2.10. The average Bonchev–Trinajstić information content (AvgIpc) is 2.42. The maximum atomic E-state index is 5.99. The Bertz CT molecular complexity index is 579. The van der Waals surface area contributed by atoms with Crippen molar-refractivity contribution in [1.29, 1.82) is 0 Å². The van der Waals surface area contributed by atoms with Gasteiger partial charge in [-0.15, -0.1) is 0 Å². The maximum absolute atomic E-state index is 5.99. The third kappa shape index (κ3) is 3.36. The molecular formula is C17H22N2O. The second kappa shape index (κ2) is 6.53. The molecule has 1 aromatic heterocycles. The fourth-order valence-electron chi connectivity index (χ4n) is 2.19. The minimum Gasteiger partial charge on any atom is -0.438 e. The lowest BCUT2D eigenvalue weighted by atomic mass is 10.0. The third-order valence-corrected chi connectivity index (χ3v) is 3.27. The van der Waals surface area contributed by atoms with E-state index in [1.165, 1.54) is 5.56 Å². The van der Waals surface area contributed by atoms with Crippen LogP contribution in [0.4, 0.5) is 0 Å². The van der Waals surface area contributed by atoms with Gasteiger partial charge in [0.15, 0.2) is 0 Å². The Morgan fingerprint density at radius 2 is 2.00 bits per heavy atom. The summed E-state index contributed by atoms with van der Waals surface area (Å²) in [6.07, 6.45) is 2.68. The Labute approximate surface area is 120 Å². The average molecular weight is 270 g/mol. The van der Waals surface area contributed by atoms with E-state index in [4.69, 9.17) is 10.5 Å². The van der Waals surface area contributed by atoms with Crippen LogP contribution in [0.5, 0.6) is 11.6 Å². The van der Waals surface area contributed by atoms with Crippen LogP contribution in [0, 0.1) is 6.92 Å². The number of rotatable bonds is 5. The third-order valence-electron chi connectivity index (χ3n) is 3.27. The fourth-order valence-corrected chi connectivity index (χ4v) is 2.19. The van der Waals surface area contributed by atoms with E-state index in [2.05, 4.69) is 31.0 Å². The largest absolute Gasteiger partial charge is 0.438 e. The molecule has 0 aliphatic carbocycles. The molecule has 2 rings (SSSR count). The standard InChI is InChI=1S/C17H22N2O/c1-12(2)15-6-4-5-7-16(15)20-17-13(3)10-14(8-9-18)11-19-17/h4-7,10-12H,8-9,18H2,1-3H3. The van der Waals surface area contributed by atoms with Gasteiger partial charge in [-0.05, 0) is 49.1 Å². The summed E-state index contributed by atoms with van der Waals surface area (Å²) in [7, 11) is 0. The van der Waals surface area contributed by atoms with Crippen LogP contribution >= 0.6 is 0 Å². The Morgan fingerprint density at radius 1 is 1.25 bits per heavy atom. The molecule has 20 heavy (non-hydrogen) atoms. The molecule has 0 atom stereocenters. The quantitative estimate of drug-likeness (QED) is 0.898. The molecule has 0 saturated heterocycles. The van der Waals surface area contributed by atoms with Gasteiger partial charge in [-0.25, -0.2) is 4.98 Å². The second-order valence-electron chi connectivity index (χ2n) is 5.30. The van der Waals surface area contributed by atoms with Crippen molar-refractivity contribution in [2.24, 2.45) is 5.73 Å². The minimum atomic E-state index is 0.419. The summed E-state index contributed by atoms with van der Waals surface area (Å²) in [6.45, 7) is 6.97. The van der Waals surface area contributed by atoms with Gasteiger partial charge in [-0.3, -0.25) is 0 Å². The molecule has 1 heterocycles. The van der Waals surface area contributed by atoms with Gasteiger partial charge in [0.05, 0.1) is 0 Å². The molecule has 3 heteroatoms. The van der Waals surface area contributed by atoms with Gasteiger partial charge < -0.3 is 10.5 Å². The number of nitrogens with two attached hydrogens (primary N) is 1. The lowest BCUT2D eigenvalue weighted by Crippen LogP contribution is -2.04. The molecule has 2 aromatic rings. The van der Waals surface area contributed by atoms with Crippen LogP contribution in [0.25, 0.3) is 0 Å². The van der Waals surface area contributed by atoms with Crippen LogP contribution < -0.4 is 10.5 Å². The highest BCUT2D eigenvalue weighted by atomic mass is 16.5. The van der Waals surface area contributed by atoms with E-state index in [0.29, 0.717) is 18.3 Å². The van der Waals surface area contributed by atoms with Crippen molar-refractivity contribution in [3.63, 3.8) is 0 Å². The van der Waals surface area contributed by atoms with E-state index in [-0.39, 0.29) is 0 Å². The van der Waals surface area contributed by atoms with E-state index in [1.807, 2.05) is 31.3 Å². The number of nitrogens with zero attached hydrogens (tertiary/aromatic N) is 1. The number of benzene rings is 1. The summed E-state index contributed by atoms with van der Waals surface area (Å²) in [6, 6.07) is 10.2. The molecule has 0 unspecified atom stereocenters. The number of para-hydroxylation sites is 1. The molecule has 0 amide bonds. The van der Waals surface area contributed by atoms with Gasteiger partial charge >= 0.3 is 0 Å². The van der Waals surface area contributed by atoms with Gasteiger partial charge in [0.25, 0.3) is 0 Å². The highest BCUT2D eigenvalue weighted by Crippen LogP contribution is 2.30. The van der Waals surface area contributed by atoms with Crippen molar-refractivity contribution >= 4 is 0 Å². The summed E-state index contributed by atoms with van der Waals surface area (Å²) in [5.41, 5.74) is 8.94. The highest BCUT2D eigenvalue weighted by molar-refractivity contribution is 5.40. The normalized spacial score (nSPS) is 10.8. The van der Waals surface area contributed by atoms with Gasteiger partial charge in [0, 0.05) is 11.8 Å². The van der Waals surface area contributed by atoms with Gasteiger partial charge in [-0.1, -0.05) is 32.0 Å². The zero-order valence-corrected chi connectivity index (χ0v) is 12.4. The van der Waals surface area contributed by atoms with Crippen molar-refractivity contribution in [2.45, 2.75) is 33.1 Å². The van der Waals surface area contributed by atoms with Crippen LogP contribution in [0.2, 0.25) is 0 Å². The van der Waals surface area contributed by atoms with E-state index in [9.17, 15) is 0 Å². The maximum Gasteiger partial charge on any atom is 0.222 e. The predicted molar refractivity (Wildman–Crippen MR) is 82.3 cm³/mol. The molecule has 3 nitrogen and oxygen atoms in total. The van der Waals surface area contributed by atoms with Crippen molar-refractivity contribution in [3.8, 4) is 11.6 Å². The first-order chi connectivity index (χ1) is 9.61. The van der Waals surface area contributed by atoms with E-state index < -0.39 is 0 Å². The summed E-state index contributed by atoms with van der Waals surface area (Å²) in [4.78, 5) is 4.41. The number of aromatic nitrogens is 1. The van der Waals surface area contributed by atoms with Gasteiger partial charge in [0.1, 0.15) is 5.75 Å². The number of hydrogen-bond acceptors (Lipinski definition) is 3. The number of ether oxygens (including phenoxy) is 1. The Balaban J connectivity index is 2.26. The Kier molecular flexibility index (Phi) is 4.74. The fraction of sp³-hybridized carbons (Fsp3) is 0.353. The monoisotopic (exact) mass is 270 g/mol. The summed E-state index contributed by atoms with van der Waals surface area (Å²) >= 11 is 0. The molecule has 0 fully saturated rings. The predicted octanol–water partition coefficient (Wildman–Crippen LogP) is 3.81. The zero-order chi connectivity index (χ0) is 14.5. The molecule has 0 saturated carbocycles. The van der Waals surface area contributed by atoms with E-state index in [0.717, 1.165) is 23.3 Å². The molecule has 0 bridgehead atoms. The topological polar surface area (TPSA) is 48.1 Å². The summed E-state index contributed by atoms with van der Waals surface area (Å²) in [5, 5.41) is 0. The Morgan fingerprint density at radius 3 is 2.65 bits per heavy atom. The molecule has 0 aliphatic rings. The van der Waals surface area contributed by atoms with Crippen LogP contribution in [0.1, 0.15) is 36.5 Å². The molecular weight excluding hydrogens is 248 g/mol. The van der Waals surface area contributed by atoms with Crippen LogP contribution in [-0.2, 0) is 6.42 Å². The van der Waals surface area contributed by atoms with Crippen molar-refractivity contribution in [2.75, 3.05) is 6.54 Å². The zero-order valence-electron chi connectivity index (χ0n) is 12.4. The first-order valence-electron chi connectivity index (χ1n) is 7.04. The molecule has 106 valence electrons. The van der Waals surface area contributed by atoms with Gasteiger partial charge in [0.2, 0.25) is 5.88 Å². The molecule has 1 aromatic carbocycles. The van der Waals surface area contributed by atoms with Crippen LogP contribution in [0.15, 0.2) is 36.5 Å². The molecule has 0 aliphatic heterocycles. The number of pyridine rings is 1. The smallest absolute Gasteiger partial charge is 0.222 e. The minimum absolute atomic E-state index is 0.419. The van der Waals surface area contributed by atoms with E-state index in [1.54, 1.807) is 0 Å².